The first-order valence-corrected chi connectivity index (χ1v) is 18.0. The second-order valence-corrected chi connectivity index (χ2v) is 14.4. The van der Waals surface area contributed by atoms with Gasteiger partial charge in [-0.2, -0.15) is 0 Å². The molecule has 2 saturated heterocycles. The fourth-order valence-corrected chi connectivity index (χ4v) is 7.54. The lowest BCUT2D eigenvalue weighted by atomic mass is 9.70. The van der Waals surface area contributed by atoms with Crippen LogP contribution in [0.3, 0.4) is 0 Å². The van der Waals surface area contributed by atoms with E-state index < -0.39 is 23.2 Å². The maximum absolute atomic E-state index is 14.1. The Labute approximate surface area is 305 Å². The fourth-order valence-electron chi connectivity index (χ4n) is 7.54. The smallest absolute Gasteiger partial charge is 0.158 e. The summed E-state index contributed by atoms with van der Waals surface area (Å²) in [6.45, 7) is 12.5. The molecular formula is C40H52F3N7O2. The zero-order valence-corrected chi connectivity index (χ0v) is 31.0. The zero-order valence-electron chi connectivity index (χ0n) is 31.0. The Morgan fingerprint density at radius 2 is 1.85 bits per heavy atom. The van der Waals surface area contributed by atoms with E-state index in [0.717, 1.165) is 74.4 Å². The summed E-state index contributed by atoms with van der Waals surface area (Å²) in [7, 11) is 3.30. The van der Waals surface area contributed by atoms with Gasteiger partial charge in [0.2, 0.25) is 0 Å². The van der Waals surface area contributed by atoms with Crippen LogP contribution in [-0.2, 0) is 4.84 Å². The number of hydrogen-bond acceptors (Lipinski definition) is 9. The predicted molar refractivity (Wildman–Crippen MR) is 204 cm³/mol. The van der Waals surface area contributed by atoms with E-state index in [2.05, 4.69) is 38.7 Å². The van der Waals surface area contributed by atoms with E-state index in [1.807, 2.05) is 26.0 Å². The highest BCUT2D eigenvalue weighted by Gasteiger charge is 2.38. The molecule has 280 valence electrons. The Balaban J connectivity index is 1.41. The Kier molecular flexibility index (Phi) is 12.6. The maximum atomic E-state index is 14.1. The van der Waals surface area contributed by atoms with Crippen molar-refractivity contribution >= 4 is 34.7 Å². The first kappa shape index (κ1) is 38.8. The number of likely N-dealkylation sites (tertiary alicyclic amines) is 1. The summed E-state index contributed by atoms with van der Waals surface area (Å²) in [4.78, 5) is 21.3. The Morgan fingerprint density at radius 3 is 2.48 bits per heavy atom. The van der Waals surface area contributed by atoms with E-state index in [1.165, 1.54) is 24.7 Å². The number of ether oxygens (including phenoxy) is 1. The van der Waals surface area contributed by atoms with E-state index in [1.54, 1.807) is 31.5 Å². The number of hydrogen-bond donors (Lipinski definition) is 2. The van der Waals surface area contributed by atoms with Crippen LogP contribution in [0.1, 0.15) is 88.4 Å². The van der Waals surface area contributed by atoms with Crippen molar-refractivity contribution in [2.45, 2.75) is 77.3 Å². The van der Waals surface area contributed by atoms with Crippen LogP contribution in [0.2, 0.25) is 0 Å². The number of aliphatic imine (C=N–C) groups is 1. The summed E-state index contributed by atoms with van der Waals surface area (Å²) in [5, 5.41) is 4.92. The highest BCUT2D eigenvalue weighted by Crippen LogP contribution is 2.45. The minimum Gasteiger partial charge on any atom is -0.495 e. The van der Waals surface area contributed by atoms with Crippen molar-refractivity contribution in [2.24, 2.45) is 16.1 Å². The summed E-state index contributed by atoms with van der Waals surface area (Å²) < 4.78 is 47.9. The molecule has 0 aliphatic carbocycles. The van der Waals surface area contributed by atoms with Gasteiger partial charge in [0, 0.05) is 49.1 Å². The molecule has 2 aliphatic rings. The molecule has 0 bridgehead atoms. The van der Waals surface area contributed by atoms with E-state index in [4.69, 9.17) is 15.3 Å². The van der Waals surface area contributed by atoms with Crippen molar-refractivity contribution in [1.82, 2.24) is 14.9 Å². The number of aromatic nitrogens is 2. The standard InChI is InChI=1S/C40H52F3N7O2/c1-7-10-40(12-14-49(15-13-40)39(3,4)25-41)11-8-27(2)32-21-36(51-6)34(20-33(32)29(23-44)24-45-5)48-37-22-38(47-26-46-37)50-35(9-16-52-50)28-17-30(42)19-31(43)18-28/h17-24,26,35H,2,7-16,25,44H2,1,3-6H3,(H,46,47,48)/t35-/m1/s1. The van der Waals surface area contributed by atoms with Crippen molar-refractivity contribution in [1.29, 1.82) is 0 Å². The first-order valence-electron chi connectivity index (χ1n) is 18.0. The molecule has 3 heterocycles. The third-order valence-corrected chi connectivity index (χ3v) is 10.5. The molecule has 3 aromatic rings. The molecule has 52 heavy (non-hydrogen) atoms. The van der Waals surface area contributed by atoms with Crippen LogP contribution in [0, 0.1) is 17.0 Å². The normalized spacial score (nSPS) is 18.3. The number of benzene rings is 2. The van der Waals surface area contributed by atoms with Gasteiger partial charge in [-0.3, -0.25) is 14.7 Å². The van der Waals surface area contributed by atoms with Gasteiger partial charge in [0.15, 0.2) is 5.82 Å². The number of hydroxylamine groups is 1. The lowest BCUT2D eigenvalue weighted by Crippen LogP contribution is -2.51. The van der Waals surface area contributed by atoms with Gasteiger partial charge in [0.05, 0.1) is 25.4 Å². The highest BCUT2D eigenvalue weighted by atomic mass is 19.1. The van der Waals surface area contributed by atoms with Crippen molar-refractivity contribution in [2.75, 3.05) is 50.9 Å². The highest BCUT2D eigenvalue weighted by molar-refractivity contribution is 6.11. The summed E-state index contributed by atoms with van der Waals surface area (Å²) in [6, 6.07) is 8.65. The van der Waals surface area contributed by atoms with Crippen LogP contribution in [0.4, 0.5) is 30.5 Å². The molecule has 12 heteroatoms. The van der Waals surface area contributed by atoms with Gasteiger partial charge in [-0.1, -0.05) is 19.9 Å². The SMILES string of the molecule is C=C(CCC1(CCC)CCN(C(C)(C)CF)CC1)c1cc(OC)c(Nc2cc(N3OCC[C@@H]3c3cc(F)cc(F)c3)ncn2)cc1C(C=NC)=CN. The van der Waals surface area contributed by atoms with E-state index in [9.17, 15) is 13.2 Å². The van der Waals surface area contributed by atoms with Crippen LogP contribution in [0.25, 0.3) is 11.1 Å². The van der Waals surface area contributed by atoms with Gasteiger partial charge in [0.1, 0.15) is 36.2 Å². The quantitative estimate of drug-likeness (QED) is 0.150. The molecule has 0 amide bonds. The number of anilines is 3. The third kappa shape index (κ3) is 8.78. The van der Waals surface area contributed by atoms with Crippen molar-refractivity contribution in [3.05, 3.63) is 83.8 Å². The molecule has 2 aliphatic heterocycles. The van der Waals surface area contributed by atoms with Crippen LogP contribution in [-0.4, -0.2) is 67.1 Å². The molecule has 5 rings (SSSR count). The lowest BCUT2D eigenvalue weighted by Gasteiger charge is -2.47. The molecule has 0 saturated carbocycles. The minimum atomic E-state index is -0.653. The Hall–Kier alpha value is -4.42. The largest absolute Gasteiger partial charge is 0.495 e. The number of alkyl halides is 1. The molecule has 1 aromatic heterocycles. The van der Waals surface area contributed by atoms with E-state index in [0.29, 0.717) is 47.2 Å². The summed E-state index contributed by atoms with van der Waals surface area (Å²) in [5.74, 6) is 0.141. The molecule has 0 spiro atoms. The molecule has 2 aromatic carbocycles. The van der Waals surface area contributed by atoms with E-state index >= 15 is 0 Å². The van der Waals surface area contributed by atoms with Crippen LogP contribution in [0.15, 0.2) is 60.5 Å². The topological polar surface area (TPSA) is 101 Å². The number of piperidine rings is 1. The van der Waals surface area contributed by atoms with Crippen LogP contribution in [0.5, 0.6) is 5.75 Å². The number of rotatable bonds is 15. The number of nitrogens with two attached hydrogens (primary N) is 1. The number of halogens is 3. The average molecular weight is 720 g/mol. The number of nitrogens with zero attached hydrogens (tertiary/aromatic N) is 5. The van der Waals surface area contributed by atoms with Crippen molar-refractivity contribution in [3.63, 3.8) is 0 Å². The fraction of sp³-hybridized carbons (Fsp3) is 0.475. The maximum Gasteiger partial charge on any atom is 0.158 e. The van der Waals surface area contributed by atoms with Gasteiger partial charge in [-0.05, 0) is 111 Å². The van der Waals surface area contributed by atoms with Crippen LogP contribution >= 0.6 is 0 Å². The minimum absolute atomic E-state index is 0.162. The summed E-state index contributed by atoms with van der Waals surface area (Å²) >= 11 is 0. The van der Waals surface area contributed by atoms with Crippen LogP contribution < -0.4 is 20.9 Å². The number of nitrogens with one attached hydrogen (secondary N) is 1. The molecule has 2 fully saturated rings. The van der Waals surface area contributed by atoms with Crippen molar-refractivity contribution in [3.8, 4) is 5.75 Å². The predicted octanol–water partition coefficient (Wildman–Crippen LogP) is 8.81. The van der Waals surface area contributed by atoms with E-state index in [-0.39, 0.29) is 12.1 Å². The molecular weight excluding hydrogens is 667 g/mol. The average Bonchev–Trinajstić information content (AvgIpc) is 3.63. The Bertz CT molecular complexity index is 1750. The molecule has 0 radical (unpaired) electrons. The monoisotopic (exact) mass is 719 g/mol. The lowest BCUT2D eigenvalue weighted by molar-refractivity contribution is 0.0143. The first-order chi connectivity index (χ1) is 25.0. The van der Waals surface area contributed by atoms with Gasteiger partial charge in [0.25, 0.3) is 0 Å². The second-order valence-electron chi connectivity index (χ2n) is 14.4. The van der Waals surface area contributed by atoms with Gasteiger partial charge in [-0.15, -0.1) is 0 Å². The van der Waals surface area contributed by atoms with Gasteiger partial charge >= 0.3 is 0 Å². The molecule has 9 nitrogen and oxygen atoms in total. The van der Waals surface area contributed by atoms with Crippen molar-refractivity contribution < 1.29 is 22.7 Å². The van der Waals surface area contributed by atoms with Gasteiger partial charge in [-0.25, -0.2) is 28.2 Å². The Morgan fingerprint density at radius 1 is 1.12 bits per heavy atom. The van der Waals surface area contributed by atoms with Gasteiger partial charge < -0.3 is 15.8 Å². The molecule has 1 atom stereocenters. The zero-order chi connectivity index (χ0) is 37.5. The second kappa shape index (κ2) is 16.9. The third-order valence-electron chi connectivity index (χ3n) is 10.5. The number of allylic oxidation sites excluding steroid dienone is 2. The molecule has 0 unspecified atom stereocenters. The summed E-state index contributed by atoms with van der Waals surface area (Å²) in [5.41, 5.74) is 10.4. The summed E-state index contributed by atoms with van der Waals surface area (Å²) in [6.07, 6.45) is 11.2. The number of methoxy groups -OCH3 is 1. The molecule has 3 N–H and O–H groups in total.